The summed E-state index contributed by atoms with van der Waals surface area (Å²) >= 11 is 0. The van der Waals surface area contributed by atoms with Crippen LogP contribution in [-0.4, -0.2) is 48.3 Å². The highest BCUT2D eigenvalue weighted by Gasteiger charge is 2.36. The van der Waals surface area contributed by atoms with Crippen molar-refractivity contribution < 1.29 is 18.8 Å². The second-order valence-electron chi connectivity index (χ2n) is 6.14. The van der Waals surface area contributed by atoms with Crippen LogP contribution in [0.2, 0.25) is 0 Å². The normalized spacial score (nSPS) is 18.5. The van der Waals surface area contributed by atoms with E-state index in [2.05, 4.69) is 17.6 Å². The minimum atomic E-state index is -0.304. The predicted octanol–water partition coefficient (Wildman–Crippen LogP) is 1.16. The number of carbonyl (C=O) groups excluding carboxylic acids is 3. The van der Waals surface area contributed by atoms with Crippen molar-refractivity contribution in [3.63, 3.8) is 0 Å². The zero-order chi connectivity index (χ0) is 17.5. The molecule has 7 nitrogen and oxygen atoms in total. The van der Waals surface area contributed by atoms with Crippen molar-refractivity contribution in [2.45, 2.75) is 39.2 Å². The summed E-state index contributed by atoms with van der Waals surface area (Å²) in [5.41, 5.74) is 0.447. The average Bonchev–Trinajstić information content (AvgIpc) is 3.21. The fourth-order valence-electron chi connectivity index (χ4n) is 2.91. The maximum absolute atomic E-state index is 12.2. The Hall–Kier alpha value is -2.31. The molecule has 2 heterocycles. The lowest BCUT2D eigenvalue weighted by molar-refractivity contribution is -0.130. The first-order valence-electron chi connectivity index (χ1n) is 8.40. The Bertz CT molecular complexity index is 570. The Kier molecular flexibility index (Phi) is 6.40. The molecule has 0 bridgehead atoms. The summed E-state index contributed by atoms with van der Waals surface area (Å²) in [4.78, 5) is 37.7. The second-order valence-corrected chi connectivity index (χ2v) is 6.14. The van der Waals surface area contributed by atoms with Crippen LogP contribution in [0.5, 0.6) is 0 Å². The van der Waals surface area contributed by atoms with Gasteiger partial charge in [0.05, 0.1) is 17.7 Å². The van der Waals surface area contributed by atoms with Crippen LogP contribution in [-0.2, 0) is 9.59 Å². The van der Waals surface area contributed by atoms with Gasteiger partial charge in [0.2, 0.25) is 11.8 Å². The first-order valence-corrected chi connectivity index (χ1v) is 8.40. The van der Waals surface area contributed by atoms with Gasteiger partial charge in [-0.2, -0.15) is 0 Å². The smallest absolute Gasteiger partial charge is 0.254 e. The molecule has 1 aliphatic heterocycles. The molecule has 2 N–H and O–H groups in total. The Balaban J connectivity index is 1.69. The summed E-state index contributed by atoms with van der Waals surface area (Å²) in [5, 5.41) is 5.47. The van der Waals surface area contributed by atoms with Gasteiger partial charge < -0.3 is 20.0 Å². The van der Waals surface area contributed by atoms with Gasteiger partial charge in [0, 0.05) is 32.1 Å². The average molecular weight is 335 g/mol. The van der Waals surface area contributed by atoms with Crippen LogP contribution in [0.25, 0.3) is 0 Å². The van der Waals surface area contributed by atoms with Crippen molar-refractivity contribution in [1.29, 1.82) is 0 Å². The fraction of sp³-hybridized carbons (Fsp3) is 0.588. The fourth-order valence-corrected chi connectivity index (χ4v) is 2.91. The number of furan rings is 1. The molecule has 2 atom stereocenters. The third-order valence-electron chi connectivity index (χ3n) is 4.26. The molecule has 1 fully saturated rings. The number of likely N-dealkylation sites (tertiary alicyclic amines) is 1. The van der Waals surface area contributed by atoms with Gasteiger partial charge in [0.15, 0.2) is 0 Å². The standard InChI is InChI=1S/C17H25N3O4/c1-3-4-12(2)20-10-14(9-15(20)21)17(23)19-7-6-18-16(22)13-5-8-24-11-13/h5,8,11-12,14H,3-4,6-7,9-10H2,1-2H3,(H,18,22)(H,19,23)/t12-,14-/m0/s1. The van der Waals surface area contributed by atoms with Gasteiger partial charge in [0.1, 0.15) is 6.26 Å². The molecule has 0 radical (unpaired) electrons. The molecule has 1 aromatic heterocycles. The number of rotatable bonds is 8. The predicted molar refractivity (Wildman–Crippen MR) is 88.2 cm³/mol. The van der Waals surface area contributed by atoms with E-state index in [1.54, 1.807) is 11.0 Å². The van der Waals surface area contributed by atoms with Gasteiger partial charge in [-0.3, -0.25) is 14.4 Å². The van der Waals surface area contributed by atoms with E-state index in [9.17, 15) is 14.4 Å². The first kappa shape index (κ1) is 18.0. The molecule has 1 aliphatic rings. The Morgan fingerprint density at radius 1 is 1.38 bits per heavy atom. The van der Waals surface area contributed by atoms with Crippen LogP contribution in [0.4, 0.5) is 0 Å². The van der Waals surface area contributed by atoms with E-state index >= 15 is 0 Å². The third-order valence-corrected chi connectivity index (χ3v) is 4.26. The molecule has 1 saturated heterocycles. The topological polar surface area (TPSA) is 91.7 Å². The summed E-state index contributed by atoms with van der Waals surface area (Å²) in [7, 11) is 0. The van der Waals surface area contributed by atoms with E-state index in [-0.39, 0.29) is 36.1 Å². The maximum Gasteiger partial charge on any atom is 0.254 e. The highest BCUT2D eigenvalue weighted by Crippen LogP contribution is 2.22. The molecule has 3 amide bonds. The van der Waals surface area contributed by atoms with E-state index in [1.807, 2.05) is 6.92 Å². The molecule has 24 heavy (non-hydrogen) atoms. The van der Waals surface area contributed by atoms with Crippen LogP contribution < -0.4 is 10.6 Å². The maximum atomic E-state index is 12.2. The van der Waals surface area contributed by atoms with Crippen molar-refractivity contribution in [1.82, 2.24) is 15.5 Å². The van der Waals surface area contributed by atoms with Crippen molar-refractivity contribution in [2.24, 2.45) is 5.92 Å². The molecular weight excluding hydrogens is 310 g/mol. The van der Waals surface area contributed by atoms with Crippen LogP contribution in [0.15, 0.2) is 23.0 Å². The number of amides is 3. The summed E-state index contributed by atoms with van der Waals surface area (Å²) in [6, 6.07) is 1.75. The number of hydrogen-bond acceptors (Lipinski definition) is 4. The van der Waals surface area contributed by atoms with Gasteiger partial charge in [-0.25, -0.2) is 0 Å². The second kappa shape index (κ2) is 8.52. The Morgan fingerprint density at radius 3 is 2.79 bits per heavy atom. The Labute approximate surface area is 141 Å². The summed E-state index contributed by atoms with van der Waals surface area (Å²) in [6.45, 7) is 5.24. The SMILES string of the molecule is CCC[C@H](C)N1C[C@@H](C(=O)NCCNC(=O)c2ccoc2)CC1=O. The lowest BCUT2D eigenvalue weighted by atomic mass is 10.1. The third kappa shape index (κ3) is 4.59. The minimum absolute atomic E-state index is 0.0457. The molecule has 0 unspecified atom stereocenters. The first-order chi connectivity index (χ1) is 11.5. The number of hydrogen-bond donors (Lipinski definition) is 2. The molecule has 0 aromatic carbocycles. The molecule has 2 rings (SSSR count). The number of carbonyl (C=O) groups is 3. The van der Waals surface area contributed by atoms with E-state index in [0.29, 0.717) is 25.2 Å². The van der Waals surface area contributed by atoms with E-state index in [4.69, 9.17) is 4.42 Å². The van der Waals surface area contributed by atoms with Gasteiger partial charge in [0.25, 0.3) is 5.91 Å². The number of nitrogens with one attached hydrogen (secondary N) is 2. The van der Waals surface area contributed by atoms with Crippen molar-refractivity contribution in [3.05, 3.63) is 24.2 Å². The number of nitrogens with zero attached hydrogens (tertiary/aromatic N) is 1. The lowest BCUT2D eigenvalue weighted by Gasteiger charge is -2.24. The molecule has 0 saturated carbocycles. The summed E-state index contributed by atoms with van der Waals surface area (Å²) < 4.78 is 4.84. The molecule has 1 aromatic rings. The van der Waals surface area contributed by atoms with Gasteiger partial charge in [-0.1, -0.05) is 13.3 Å². The van der Waals surface area contributed by atoms with Crippen molar-refractivity contribution in [2.75, 3.05) is 19.6 Å². The van der Waals surface area contributed by atoms with E-state index in [0.717, 1.165) is 12.8 Å². The minimum Gasteiger partial charge on any atom is -0.472 e. The van der Waals surface area contributed by atoms with Crippen LogP contribution in [0, 0.1) is 5.92 Å². The van der Waals surface area contributed by atoms with Gasteiger partial charge >= 0.3 is 0 Å². The molecule has 132 valence electrons. The summed E-state index contributed by atoms with van der Waals surface area (Å²) in [5.74, 6) is -0.633. The highest BCUT2D eigenvalue weighted by molar-refractivity contribution is 5.93. The highest BCUT2D eigenvalue weighted by atomic mass is 16.3. The molecule has 0 aliphatic carbocycles. The van der Waals surface area contributed by atoms with Gasteiger partial charge in [-0.15, -0.1) is 0 Å². The van der Waals surface area contributed by atoms with E-state index < -0.39 is 0 Å². The quantitative estimate of drug-likeness (QED) is 0.698. The molecular formula is C17H25N3O4. The van der Waals surface area contributed by atoms with Crippen molar-refractivity contribution in [3.8, 4) is 0 Å². The zero-order valence-corrected chi connectivity index (χ0v) is 14.2. The van der Waals surface area contributed by atoms with Gasteiger partial charge in [-0.05, 0) is 19.4 Å². The van der Waals surface area contributed by atoms with Crippen molar-refractivity contribution >= 4 is 17.7 Å². The van der Waals surface area contributed by atoms with E-state index in [1.165, 1.54) is 12.5 Å². The largest absolute Gasteiger partial charge is 0.472 e. The lowest BCUT2D eigenvalue weighted by Crippen LogP contribution is -2.39. The Morgan fingerprint density at radius 2 is 2.12 bits per heavy atom. The van der Waals surface area contributed by atoms with Crippen LogP contribution in [0.1, 0.15) is 43.5 Å². The molecule has 0 spiro atoms. The molecule has 7 heteroatoms. The zero-order valence-electron chi connectivity index (χ0n) is 14.2. The van der Waals surface area contributed by atoms with Crippen LogP contribution in [0.3, 0.4) is 0 Å². The van der Waals surface area contributed by atoms with Crippen LogP contribution >= 0.6 is 0 Å². The monoisotopic (exact) mass is 335 g/mol. The summed E-state index contributed by atoms with van der Waals surface area (Å²) in [6.07, 6.45) is 5.02.